The molecule has 1 rings (SSSR count). The van der Waals surface area contributed by atoms with Crippen LogP contribution in [0, 0.1) is 15.9 Å². The van der Waals surface area contributed by atoms with Crippen LogP contribution in [0.25, 0.3) is 0 Å². The Kier molecular flexibility index (Phi) is 4.00. The van der Waals surface area contributed by atoms with Crippen molar-refractivity contribution in [3.8, 4) is 0 Å². The van der Waals surface area contributed by atoms with E-state index in [1.54, 1.807) is 6.92 Å². The van der Waals surface area contributed by atoms with Crippen molar-refractivity contribution in [1.82, 2.24) is 0 Å². The molecule has 0 saturated heterocycles. The maximum atomic E-state index is 12.8. The SMILES string of the molecule is CCCS(=O)(=O)Nc1ccc(F)cc1[N+](=O)[O-]. The Morgan fingerprint density at radius 1 is 1.47 bits per heavy atom. The number of hydrogen-bond donors (Lipinski definition) is 1. The van der Waals surface area contributed by atoms with Crippen LogP contribution in [0.5, 0.6) is 0 Å². The second kappa shape index (κ2) is 5.09. The number of hydrogen-bond acceptors (Lipinski definition) is 4. The van der Waals surface area contributed by atoms with Gasteiger partial charge in [0.15, 0.2) is 0 Å². The van der Waals surface area contributed by atoms with E-state index < -0.39 is 26.5 Å². The summed E-state index contributed by atoms with van der Waals surface area (Å²) in [4.78, 5) is 9.78. The van der Waals surface area contributed by atoms with Gasteiger partial charge in [-0.1, -0.05) is 6.92 Å². The summed E-state index contributed by atoms with van der Waals surface area (Å²) in [5.74, 6) is -0.947. The van der Waals surface area contributed by atoms with Gasteiger partial charge in [-0.15, -0.1) is 0 Å². The Bertz CT molecular complexity index is 530. The maximum Gasteiger partial charge on any atom is 0.296 e. The number of benzene rings is 1. The van der Waals surface area contributed by atoms with E-state index >= 15 is 0 Å². The van der Waals surface area contributed by atoms with Crippen molar-refractivity contribution < 1.29 is 17.7 Å². The van der Waals surface area contributed by atoms with E-state index in [1.807, 2.05) is 0 Å². The molecular weight excluding hydrogens is 251 g/mol. The van der Waals surface area contributed by atoms with Crippen LogP contribution in [0.2, 0.25) is 0 Å². The number of nitro benzene ring substituents is 1. The van der Waals surface area contributed by atoms with Crippen LogP contribution in [0.1, 0.15) is 13.3 Å². The Labute approximate surface area is 97.7 Å². The summed E-state index contributed by atoms with van der Waals surface area (Å²) in [5, 5.41) is 10.6. The fraction of sp³-hybridized carbons (Fsp3) is 0.333. The van der Waals surface area contributed by atoms with E-state index in [1.165, 1.54) is 0 Å². The summed E-state index contributed by atoms with van der Waals surface area (Å²) in [7, 11) is -3.63. The van der Waals surface area contributed by atoms with Crippen molar-refractivity contribution in [2.24, 2.45) is 0 Å². The number of sulfonamides is 1. The predicted molar refractivity (Wildman–Crippen MR) is 60.8 cm³/mol. The largest absolute Gasteiger partial charge is 0.296 e. The van der Waals surface area contributed by atoms with Gasteiger partial charge in [-0.25, -0.2) is 12.8 Å². The predicted octanol–water partition coefficient (Wildman–Crippen LogP) is 1.89. The van der Waals surface area contributed by atoms with E-state index in [4.69, 9.17) is 0 Å². The van der Waals surface area contributed by atoms with Gasteiger partial charge in [0.05, 0.1) is 16.7 Å². The number of rotatable bonds is 5. The second-order valence-corrected chi connectivity index (χ2v) is 5.18. The van der Waals surface area contributed by atoms with E-state index in [9.17, 15) is 22.9 Å². The van der Waals surface area contributed by atoms with Crippen LogP contribution < -0.4 is 4.72 Å². The third kappa shape index (κ3) is 3.66. The molecule has 0 aliphatic rings. The summed E-state index contributed by atoms with van der Waals surface area (Å²) in [6, 6.07) is 2.65. The van der Waals surface area contributed by atoms with Crippen molar-refractivity contribution in [2.75, 3.05) is 10.5 Å². The molecule has 8 heteroatoms. The summed E-state index contributed by atoms with van der Waals surface area (Å²) < 4.78 is 37.7. The molecule has 0 atom stereocenters. The number of nitrogens with one attached hydrogen (secondary N) is 1. The Morgan fingerprint density at radius 3 is 2.65 bits per heavy atom. The monoisotopic (exact) mass is 262 g/mol. The molecule has 17 heavy (non-hydrogen) atoms. The Hall–Kier alpha value is -1.70. The molecule has 0 bridgehead atoms. The molecule has 0 unspecified atom stereocenters. The average molecular weight is 262 g/mol. The zero-order valence-electron chi connectivity index (χ0n) is 9.01. The topological polar surface area (TPSA) is 89.3 Å². The minimum Gasteiger partial charge on any atom is -0.277 e. The molecule has 0 saturated carbocycles. The minimum absolute atomic E-state index is 0.151. The van der Waals surface area contributed by atoms with E-state index in [-0.39, 0.29) is 11.4 Å². The molecule has 0 heterocycles. The zero-order valence-corrected chi connectivity index (χ0v) is 9.83. The molecule has 0 radical (unpaired) electrons. The molecule has 0 aliphatic carbocycles. The van der Waals surface area contributed by atoms with Crippen LogP contribution in [0.4, 0.5) is 15.8 Å². The third-order valence-corrected chi connectivity index (χ3v) is 3.37. The molecule has 1 aromatic carbocycles. The highest BCUT2D eigenvalue weighted by molar-refractivity contribution is 7.92. The van der Waals surface area contributed by atoms with Gasteiger partial charge < -0.3 is 0 Å². The highest BCUT2D eigenvalue weighted by atomic mass is 32.2. The van der Waals surface area contributed by atoms with Gasteiger partial charge in [0.1, 0.15) is 11.5 Å². The summed E-state index contributed by atoms with van der Waals surface area (Å²) in [6.45, 7) is 1.66. The molecule has 1 aromatic rings. The minimum atomic E-state index is -3.63. The first-order valence-electron chi connectivity index (χ1n) is 4.80. The molecule has 0 fully saturated rings. The number of nitro groups is 1. The molecule has 0 amide bonds. The van der Waals surface area contributed by atoms with E-state index in [0.29, 0.717) is 12.5 Å². The third-order valence-electron chi connectivity index (χ3n) is 1.89. The van der Waals surface area contributed by atoms with Gasteiger partial charge in [0.2, 0.25) is 10.0 Å². The zero-order chi connectivity index (χ0) is 13.1. The van der Waals surface area contributed by atoms with Crippen LogP contribution in [-0.4, -0.2) is 19.1 Å². The van der Waals surface area contributed by atoms with Gasteiger partial charge in [0, 0.05) is 0 Å². The fourth-order valence-electron chi connectivity index (χ4n) is 1.23. The quantitative estimate of drug-likeness (QED) is 0.648. The maximum absolute atomic E-state index is 12.8. The summed E-state index contributed by atoms with van der Waals surface area (Å²) >= 11 is 0. The van der Waals surface area contributed by atoms with Gasteiger partial charge in [0.25, 0.3) is 5.69 Å². The van der Waals surface area contributed by atoms with Crippen molar-refractivity contribution in [1.29, 1.82) is 0 Å². The molecule has 6 nitrogen and oxygen atoms in total. The van der Waals surface area contributed by atoms with Crippen LogP contribution in [-0.2, 0) is 10.0 Å². The highest BCUT2D eigenvalue weighted by Crippen LogP contribution is 2.25. The fourth-order valence-corrected chi connectivity index (χ4v) is 2.38. The lowest BCUT2D eigenvalue weighted by molar-refractivity contribution is -0.384. The summed E-state index contributed by atoms with van der Waals surface area (Å²) in [5.41, 5.74) is -0.838. The lowest BCUT2D eigenvalue weighted by Gasteiger charge is -2.07. The van der Waals surface area contributed by atoms with Gasteiger partial charge >= 0.3 is 0 Å². The Balaban J connectivity index is 3.11. The molecule has 0 aromatic heterocycles. The molecule has 0 spiro atoms. The average Bonchev–Trinajstić information content (AvgIpc) is 2.20. The molecule has 1 N–H and O–H groups in total. The van der Waals surface area contributed by atoms with Crippen molar-refractivity contribution in [2.45, 2.75) is 13.3 Å². The first-order valence-corrected chi connectivity index (χ1v) is 6.45. The van der Waals surface area contributed by atoms with Crippen LogP contribution >= 0.6 is 0 Å². The van der Waals surface area contributed by atoms with E-state index in [0.717, 1.165) is 12.1 Å². The summed E-state index contributed by atoms with van der Waals surface area (Å²) in [6.07, 6.45) is 0.379. The standard InChI is InChI=1S/C9H11FN2O4S/c1-2-5-17(15,16)11-8-4-3-7(10)6-9(8)12(13)14/h3-4,6,11H,2,5H2,1H3. The van der Waals surface area contributed by atoms with Crippen molar-refractivity contribution in [3.63, 3.8) is 0 Å². The normalized spacial score (nSPS) is 11.2. The molecule has 94 valence electrons. The first kappa shape index (κ1) is 13.4. The van der Waals surface area contributed by atoms with Crippen LogP contribution in [0.3, 0.4) is 0 Å². The highest BCUT2D eigenvalue weighted by Gasteiger charge is 2.19. The molecular formula is C9H11FN2O4S. The lowest BCUT2D eigenvalue weighted by atomic mass is 10.3. The van der Waals surface area contributed by atoms with Crippen molar-refractivity contribution >= 4 is 21.4 Å². The second-order valence-electron chi connectivity index (χ2n) is 3.34. The first-order chi connectivity index (χ1) is 7.85. The number of anilines is 1. The smallest absolute Gasteiger partial charge is 0.277 e. The lowest BCUT2D eigenvalue weighted by Crippen LogP contribution is -2.17. The van der Waals surface area contributed by atoms with Crippen LogP contribution in [0.15, 0.2) is 18.2 Å². The number of halogens is 1. The van der Waals surface area contributed by atoms with Gasteiger partial charge in [-0.05, 0) is 18.6 Å². The number of nitrogens with zero attached hydrogens (tertiary/aromatic N) is 1. The van der Waals surface area contributed by atoms with Gasteiger partial charge in [-0.3, -0.25) is 14.8 Å². The van der Waals surface area contributed by atoms with Crippen molar-refractivity contribution in [3.05, 3.63) is 34.1 Å². The molecule has 0 aliphatic heterocycles. The Morgan fingerprint density at radius 2 is 2.12 bits per heavy atom. The van der Waals surface area contributed by atoms with E-state index in [2.05, 4.69) is 4.72 Å². The van der Waals surface area contributed by atoms with Gasteiger partial charge in [-0.2, -0.15) is 0 Å².